The summed E-state index contributed by atoms with van der Waals surface area (Å²) in [6, 6.07) is 5.79. The van der Waals surface area contributed by atoms with Crippen LogP contribution in [0.4, 0.5) is 0 Å². The molecule has 0 spiro atoms. The van der Waals surface area contributed by atoms with Crippen LogP contribution in [0.1, 0.15) is 22.6 Å². The number of nitrogens with one attached hydrogen (secondary N) is 1. The van der Waals surface area contributed by atoms with Crippen LogP contribution in [0.2, 0.25) is 0 Å². The molecule has 6 heteroatoms. The number of rotatable bonds is 4. The Kier molecular flexibility index (Phi) is 4.24. The van der Waals surface area contributed by atoms with Crippen LogP contribution in [-0.4, -0.2) is 42.1 Å². The molecule has 98 valence electrons. The maximum Gasteiger partial charge on any atom is 0.283 e. The van der Waals surface area contributed by atoms with E-state index in [9.17, 15) is 4.79 Å². The maximum atomic E-state index is 11.4. The van der Waals surface area contributed by atoms with Crippen LogP contribution in [0, 0.1) is 0 Å². The molecule has 1 fully saturated rings. The summed E-state index contributed by atoms with van der Waals surface area (Å²) in [5.74, 6) is 4.72. The first-order valence-electron chi connectivity index (χ1n) is 5.95. The van der Waals surface area contributed by atoms with E-state index in [1.165, 1.54) is 0 Å². The summed E-state index contributed by atoms with van der Waals surface area (Å²) in [6.45, 7) is 2.28. The van der Waals surface area contributed by atoms with Crippen molar-refractivity contribution in [3.8, 4) is 0 Å². The first kappa shape index (κ1) is 12.9. The predicted molar refractivity (Wildman–Crippen MR) is 66.6 cm³/mol. The highest BCUT2D eigenvalue weighted by atomic mass is 16.5. The van der Waals surface area contributed by atoms with Gasteiger partial charge in [-0.05, 0) is 25.6 Å². The SMILES string of the molecule is CN(Cc1cccc(C(=O)NN)n1)C1CCOC1. The van der Waals surface area contributed by atoms with Crippen molar-refractivity contribution in [3.63, 3.8) is 0 Å². The van der Waals surface area contributed by atoms with Gasteiger partial charge in [0, 0.05) is 19.2 Å². The molecule has 1 aliphatic heterocycles. The van der Waals surface area contributed by atoms with Crippen LogP contribution in [0.3, 0.4) is 0 Å². The van der Waals surface area contributed by atoms with Gasteiger partial charge in [0.2, 0.25) is 0 Å². The number of nitrogens with two attached hydrogens (primary N) is 1. The van der Waals surface area contributed by atoms with E-state index in [1.807, 2.05) is 19.2 Å². The number of ether oxygens (including phenoxy) is 1. The normalized spacial score (nSPS) is 19.2. The van der Waals surface area contributed by atoms with Gasteiger partial charge >= 0.3 is 0 Å². The zero-order chi connectivity index (χ0) is 13.0. The number of aromatic nitrogens is 1. The number of amides is 1. The van der Waals surface area contributed by atoms with E-state index in [0.717, 1.165) is 25.3 Å². The van der Waals surface area contributed by atoms with Crippen LogP contribution >= 0.6 is 0 Å². The standard InChI is InChI=1S/C12H18N4O2/c1-16(10-5-6-18-8-10)7-9-3-2-4-11(14-9)12(17)15-13/h2-4,10H,5-8,13H2,1H3,(H,15,17). The Morgan fingerprint density at radius 1 is 1.67 bits per heavy atom. The summed E-state index contributed by atoms with van der Waals surface area (Å²) >= 11 is 0. The second-order valence-corrected chi connectivity index (χ2v) is 4.42. The van der Waals surface area contributed by atoms with Crippen molar-refractivity contribution in [1.29, 1.82) is 0 Å². The van der Waals surface area contributed by atoms with E-state index in [-0.39, 0.29) is 5.91 Å². The van der Waals surface area contributed by atoms with Crippen molar-refractivity contribution in [2.24, 2.45) is 5.84 Å². The van der Waals surface area contributed by atoms with E-state index in [0.29, 0.717) is 18.3 Å². The van der Waals surface area contributed by atoms with Crippen LogP contribution < -0.4 is 11.3 Å². The molecule has 2 rings (SSSR count). The predicted octanol–water partition coefficient (Wildman–Crippen LogP) is -0.0942. The third-order valence-electron chi connectivity index (χ3n) is 3.11. The quantitative estimate of drug-likeness (QED) is 0.443. The Bertz CT molecular complexity index is 418. The Labute approximate surface area is 106 Å². The van der Waals surface area contributed by atoms with Gasteiger partial charge in [0.15, 0.2) is 0 Å². The van der Waals surface area contributed by atoms with Gasteiger partial charge in [0.05, 0.1) is 12.3 Å². The summed E-state index contributed by atoms with van der Waals surface area (Å²) in [5.41, 5.74) is 3.27. The number of carbonyl (C=O) groups is 1. The van der Waals surface area contributed by atoms with Gasteiger partial charge in [0.25, 0.3) is 5.91 Å². The summed E-state index contributed by atoms with van der Waals surface area (Å²) in [6.07, 6.45) is 1.04. The molecule has 1 aromatic heterocycles. The smallest absolute Gasteiger partial charge is 0.283 e. The number of hydrogen-bond donors (Lipinski definition) is 2. The van der Waals surface area contributed by atoms with Crippen molar-refractivity contribution in [3.05, 3.63) is 29.6 Å². The minimum atomic E-state index is -0.372. The number of nitrogen functional groups attached to an aromatic ring is 1. The second-order valence-electron chi connectivity index (χ2n) is 4.42. The molecule has 0 radical (unpaired) electrons. The van der Waals surface area contributed by atoms with Crippen molar-refractivity contribution < 1.29 is 9.53 Å². The first-order chi connectivity index (χ1) is 8.70. The fraction of sp³-hybridized carbons (Fsp3) is 0.500. The van der Waals surface area contributed by atoms with Crippen LogP contribution in [0.5, 0.6) is 0 Å². The average Bonchev–Trinajstić information content (AvgIpc) is 2.92. The minimum Gasteiger partial charge on any atom is -0.380 e. The lowest BCUT2D eigenvalue weighted by Gasteiger charge is -2.22. The van der Waals surface area contributed by atoms with E-state index in [2.05, 4.69) is 15.3 Å². The Balaban J connectivity index is 2.02. The highest BCUT2D eigenvalue weighted by Crippen LogP contribution is 2.13. The number of hydrazine groups is 1. The molecule has 0 bridgehead atoms. The second kappa shape index (κ2) is 5.90. The van der Waals surface area contributed by atoms with Gasteiger partial charge in [-0.1, -0.05) is 6.07 Å². The molecule has 6 nitrogen and oxygen atoms in total. The molecule has 3 N–H and O–H groups in total. The molecular formula is C12H18N4O2. The zero-order valence-electron chi connectivity index (χ0n) is 10.4. The van der Waals surface area contributed by atoms with Crippen molar-refractivity contribution in [2.45, 2.75) is 19.0 Å². The third kappa shape index (κ3) is 3.04. The summed E-state index contributed by atoms with van der Waals surface area (Å²) in [5, 5.41) is 0. The van der Waals surface area contributed by atoms with Crippen molar-refractivity contribution in [2.75, 3.05) is 20.3 Å². The number of carbonyl (C=O) groups excluding carboxylic acids is 1. The molecule has 1 aliphatic rings. The Morgan fingerprint density at radius 2 is 2.50 bits per heavy atom. The summed E-state index contributed by atoms with van der Waals surface area (Å²) < 4.78 is 5.35. The maximum absolute atomic E-state index is 11.4. The van der Waals surface area contributed by atoms with Gasteiger partial charge in [-0.2, -0.15) is 0 Å². The van der Waals surface area contributed by atoms with Gasteiger partial charge in [-0.3, -0.25) is 15.1 Å². The van der Waals surface area contributed by atoms with Gasteiger partial charge < -0.3 is 4.74 Å². The molecule has 0 aliphatic carbocycles. The lowest BCUT2D eigenvalue weighted by Crippen LogP contribution is -2.33. The van der Waals surface area contributed by atoms with E-state index >= 15 is 0 Å². The topological polar surface area (TPSA) is 80.5 Å². The molecule has 1 unspecified atom stereocenters. The van der Waals surface area contributed by atoms with Gasteiger partial charge in [0.1, 0.15) is 5.69 Å². The fourth-order valence-corrected chi connectivity index (χ4v) is 2.02. The Morgan fingerprint density at radius 3 is 3.17 bits per heavy atom. The lowest BCUT2D eigenvalue weighted by atomic mass is 10.2. The monoisotopic (exact) mass is 250 g/mol. The Hall–Kier alpha value is -1.50. The van der Waals surface area contributed by atoms with Crippen LogP contribution in [0.25, 0.3) is 0 Å². The highest BCUT2D eigenvalue weighted by molar-refractivity contribution is 5.91. The molecule has 1 saturated heterocycles. The molecule has 1 atom stereocenters. The van der Waals surface area contributed by atoms with Crippen LogP contribution in [0.15, 0.2) is 18.2 Å². The van der Waals surface area contributed by atoms with E-state index < -0.39 is 0 Å². The molecule has 1 aromatic rings. The molecular weight excluding hydrogens is 232 g/mol. The highest BCUT2D eigenvalue weighted by Gasteiger charge is 2.20. The summed E-state index contributed by atoms with van der Waals surface area (Å²) in [7, 11) is 2.04. The first-order valence-corrected chi connectivity index (χ1v) is 5.95. The number of hydrogen-bond acceptors (Lipinski definition) is 5. The van der Waals surface area contributed by atoms with Gasteiger partial charge in [-0.25, -0.2) is 10.8 Å². The molecule has 18 heavy (non-hydrogen) atoms. The van der Waals surface area contributed by atoms with Crippen LogP contribution in [-0.2, 0) is 11.3 Å². The van der Waals surface area contributed by atoms with E-state index in [4.69, 9.17) is 10.6 Å². The molecule has 0 saturated carbocycles. The third-order valence-corrected chi connectivity index (χ3v) is 3.11. The molecule has 0 aromatic carbocycles. The number of pyridine rings is 1. The van der Waals surface area contributed by atoms with E-state index in [1.54, 1.807) is 6.07 Å². The largest absolute Gasteiger partial charge is 0.380 e. The van der Waals surface area contributed by atoms with Gasteiger partial charge in [-0.15, -0.1) is 0 Å². The number of nitrogens with zero attached hydrogens (tertiary/aromatic N) is 2. The summed E-state index contributed by atoms with van der Waals surface area (Å²) in [4.78, 5) is 17.8. The number of likely N-dealkylation sites (N-methyl/N-ethyl adjacent to an activating group) is 1. The lowest BCUT2D eigenvalue weighted by molar-refractivity contribution is 0.0948. The zero-order valence-corrected chi connectivity index (χ0v) is 10.4. The minimum absolute atomic E-state index is 0.339. The van der Waals surface area contributed by atoms with Crippen molar-refractivity contribution >= 4 is 5.91 Å². The molecule has 1 amide bonds. The average molecular weight is 250 g/mol. The fourth-order valence-electron chi connectivity index (χ4n) is 2.02. The van der Waals surface area contributed by atoms with Crippen molar-refractivity contribution in [1.82, 2.24) is 15.3 Å². The molecule has 2 heterocycles.